The molecule has 1 aliphatic heterocycles. The molecule has 0 aromatic rings. The molecule has 4 nitrogen and oxygen atoms in total. The summed E-state index contributed by atoms with van der Waals surface area (Å²) in [4.78, 5) is 2.35. The van der Waals surface area contributed by atoms with Crippen LogP contribution in [-0.4, -0.2) is 57.5 Å². The van der Waals surface area contributed by atoms with Crippen LogP contribution in [0.4, 0.5) is 0 Å². The molecule has 2 fully saturated rings. The van der Waals surface area contributed by atoms with Gasteiger partial charge in [0.15, 0.2) is 9.84 Å². The molecule has 2 aliphatic rings. The van der Waals surface area contributed by atoms with E-state index < -0.39 is 9.84 Å². The highest BCUT2D eigenvalue weighted by Crippen LogP contribution is 2.26. The van der Waals surface area contributed by atoms with Crippen LogP contribution < -0.4 is 5.32 Å². The van der Waals surface area contributed by atoms with Crippen molar-refractivity contribution in [3.05, 3.63) is 0 Å². The van der Waals surface area contributed by atoms with Gasteiger partial charge in [0.2, 0.25) is 0 Å². The number of nitrogens with zero attached hydrogens (tertiary/aromatic N) is 1. The van der Waals surface area contributed by atoms with Crippen LogP contribution in [0.3, 0.4) is 0 Å². The summed E-state index contributed by atoms with van der Waals surface area (Å²) in [7, 11) is -0.629. The molecule has 1 atom stereocenters. The van der Waals surface area contributed by atoms with E-state index in [4.69, 9.17) is 0 Å². The molecule has 5 heteroatoms. The maximum atomic E-state index is 11.5. The molecule has 100 valence electrons. The molecule has 0 amide bonds. The SMILES string of the molecule is CN(CCC1CS(=O)(=O)CCN1)CC1CCC1. The molecule has 0 aromatic carbocycles. The Kier molecular flexibility index (Phi) is 4.44. The first-order valence-electron chi connectivity index (χ1n) is 6.67. The van der Waals surface area contributed by atoms with Crippen molar-refractivity contribution in [2.45, 2.75) is 31.7 Å². The Morgan fingerprint density at radius 3 is 2.71 bits per heavy atom. The fourth-order valence-corrected chi connectivity index (χ4v) is 4.13. The average Bonchev–Trinajstić information content (AvgIpc) is 2.19. The summed E-state index contributed by atoms with van der Waals surface area (Å²) in [5.41, 5.74) is 0. The van der Waals surface area contributed by atoms with Crippen molar-refractivity contribution in [1.82, 2.24) is 10.2 Å². The quantitative estimate of drug-likeness (QED) is 0.782. The lowest BCUT2D eigenvalue weighted by atomic mass is 9.85. The van der Waals surface area contributed by atoms with Gasteiger partial charge in [0.1, 0.15) is 0 Å². The Labute approximate surface area is 105 Å². The van der Waals surface area contributed by atoms with Gasteiger partial charge in [-0.05, 0) is 38.8 Å². The van der Waals surface area contributed by atoms with Crippen LogP contribution in [-0.2, 0) is 9.84 Å². The molecule has 1 heterocycles. The lowest BCUT2D eigenvalue weighted by Gasteiger charge is -2.31. The average molecular weight is 260 g/mol. The fourth-order valence-electron chi connectivity index (χ4n) is 2.64. The first kappa shape index (κ1) is 13.3. The molecule has 1 aliphatic carbocycles. The third-order valence-corrected chi connectivity index (χ3v) is 5.69. The monoisotopic (exact) mass is 260 g/mol. The zero-order chi connectivity index (χ0) is 12.3. The van der Waals surface area contributed by atoms with Gasteiger partial charge in [-0.2, -0.15) is 0 Å². The van der Waals surface area contributed by atoms with Crippen LogP contribution in [0.1, 0.15) is 25.7 Å². The van der Waals surface area contributed by atoms with E-state index in [0.717, 1.165) is 18.9 Å². The molecule has 0 aromatic heterocycles. The summed E-state index contributed by atoms with van der Waals surface area (Å²) in [6.07, 6.45) is 5.09. The van der Waals surface area contributed by atoms with Gasteiger partial charge >= 0.3 is 0 Å². The smallest absolute Gasteiger partial charge is 0.153 e. The number of rotatable bonds is 5. The molecular weight excluding hydrogens is 236 g/mol. The lowest BCUT2D eigenvalue weighted by molar-refractivity contribution is 0.200. The maximum absolute atomic E-state index is 11.5. The molecule has 2 rings (SSSR count). The first-order chi connectivity index (χ1) is 8.05. The minimum atomic E-state index is -2.78. The van der Waals surface area contributed by atoms with E-state index in [1.165, 1.54) is 25.8 Å². The zero-order valence-corrected chi connectivity index (χ0v) is 11.5. The van der Waals surface area contributed by atoms with Crippen molar-refractivity contribution in [2.75, 3.05) is 38.2 Å². The van der Waals surface area contributed by atoms with E-state index in [1.807, 2.05) is 0 Å². The number of hydrogen-bond donors (Lipinski definition) is 1. The van der Waals surface area contributed by atoms with Crippen LogP contribution in [0.15, 0.2) is 0 Å². The van der Waals surface area contributed by atoms with Crippen LogP contribution in [0.2, 0.25) is 0 Å². The highest BCUT2D eigenvalue weighted by Gasteiger charge is 2.24. The number of nitrogens with one attached hydrogen (secondary N) is 1. The van der Waals surface area contributed by atoms with Crippen molar-refractivity contribution in [2.24, 2.45) is 5.92 Å². The van der Waals surface area contributed by atoms with E-state index in [2.05, 4.69) is 17.3 Å². The van der Waals surface area contributed by atoms with Gasteiger partial charge < -0.3 is 10.2 Å². The van der Waals surface area contributed by atoms with Crippen molar-refractivity contribution in [3.63, 3.8) is 0 Å². The van der Waals surface area contributed by atoms with Crippen molar-refractivity contribution in [1.29, 1.82) is 0 Å². The van der Waals surface area contributed by atoms with Gasteiger partial charge in [-0.25, -0.2) is 8.42 Å². The van der Waals surface area contributed by atoms with E-state index in [0.29, 0.717) is 18.1 Å². The Morgan fingerprint density at radius 2 is 2.12 bits per heavy atom. The second kappa shape index (κ2) is 5.67. The van der Waals surface area contributed by atoms with E-state index in [9.17, 15) is 8.42 Å². The maximum Gasteiger partial charge on any atom is 0.153 e. The number of hydrogen-bond acceptors (Lipinski definition) is 4. The minimum absolute atomic E-state index is 0.164. The molecule has 1 saturated heterocycles. The summed E-state index contributed by atoms with van der Waals surface area (Å²) in [5, 5.41) is 3.31. The highest BCUT2D eigenvalue weighted by molar-refractivity contribution is 7.91. The second-order valence-corrected chi connectivity index (χ2v) is 7.84. The predicted molar refractivity (Wildman–Crippen MR) is 69.9 cm³/mol. The first-order valence-corrected chi connectivity index (χ1v) is 8.50. The molecule has 0 radical (unpaired) electrons. The molecule has 17 heavy (non-hydrogen) atoms. The van der Waals surface area contributed by atoms with Crippen LogP contribution in [0.25, 0.3) is 0 Å². The van der Waals surface area contributed by atoms with Gasteiger partial charge in [-0.15, -0.1) is 0 Å². The second-order valence-electron chi connectivity index (χ2n) is 5.61. The van der Waals surface area contributed by atoms with Gasteiger partial charge in [0, 0.05) is 19.1 Å². The molecule has 1 unspecified atom stereocenters. The number of sulfone groups is 1. The Morgan fingerprint density at radius 1 is 1.35 bits per heavy atom. The predicted octanol–water partition coefficient (Wildman–Crippen LogP) is 0.495. The molecule has 0 bridgehead atoms. The normalized spacial score (nSPS) is 29.2. The largest absolute Gasteiger partial charge is 0.312 e. The lowest BCUT2D eigenvalue weighted by Crippen LogP contribution is -2.46. The molecular formula is C12H24N2O2S. The third kappa shape index (κ3) is 4.23. The summed E-state index contributed by atoms with van der Waals surface area (Å²) in [6.45, 7) is 2.81. The highest BCUT2D eigenvalue weighted by atomic mass is 32.2. The minimum Gasteiger partial charge on any atom is -0.312 e. The van der Waals surface area contributed by atoms with Gasteiger partial charge in [-0.1, -0.05) is 6.42 Å². The topological polar surface area (TPSA) is 49.4 Å². The molecule has 1 N–H and O–H groups in total. The Balaban J connectivity index is 1.66. The summed E-state index contributed by atoms with van der Waals surface area (Å²) in [5.74, 6) is 1.52. The Hall–Kier alpha value is -0.130. The van der Waals surface area contributed by atoms with Gasteiger partial charge in [0.25, 0.3) is 0 Å². The van der Waals surface area contributed by atoms with E-state index in [-0.39, 0.29) is 6.04 Å². The van der Waals surface area contributed by atoms with Crippen molar-refractivity contribution < 1.29 is 8.42 Å². The van der Waals surface area contributed by atoms with E-state index in [1.54, 1.807) is 0 Å². The molecule has 0 spiro atoms. The third-order valence-electron chi connectivity index (χ3n) is 3.96. The van der Waals surface area contributed by atoms with E-state index >= 15 is 0 Å². The Bertz CT molecular complexity index is 338. The van der Waals surface area contributed by atoms with Gasteiger partial charge in [-0.3, -0.25) is 0 Å². The van der Waals surface area contributed by atoms with Crippen molar-refractivity contribution >= 4 is 9.84 Å². The van der Waals surface area contributed by atoms with Crippen LogP contribution >= 0.6 is 0 Å². The summed E-state index contributed by atoms with van der Waals surface area (Å²) in [6, 6.07) is 0.164. The fraction of sp³-hybridized carbons (Fsp3) is 1.00. The summed E-state index contributed by atoms with van der Waals surface area (Å²) < 4.78 is 23.0. The van der Waals surface area contributed by atoms with Crippen LogP contribution in [0, 0.1) is 5.92 Å². The van der Waals surface area contributed by atoms with Gasteiger partial charge in [0.05, 0.1) is 11.5 Å². The summed E-state index contributed by atoms with van der Waals surface area (Å²) >= 11 is 0. The standard InChI is InChI=1S/C12H24N2O2S/c1-14(9-11-3-2-4-11)7-5-12-10-17(15,16)8-6-13-12/h11-13H,2-10H2,1H3. The molecule has 1 saturated carbocycles. The zero-order valence-electron chi connectivity index (χ0n) is 10.7. The van der Waals surface area contributed by atoms with Crippen molar-refractivity contribution in [3.8, 4) is 0 Å². The van der Waals surface area contributed by atoms with Crippen LogP contribution in [0.5, 0.6) is 0 Å².